The van der Waals surface area contributed by atoms with Gasteiger partial charge in [-0.15, -0.1) is 0 Å². The van der Waals surface area contributed by atoms with E-state index in [1.807, 2.05) is 6.92 Å². The average Bonchev–Trinajstić information content (AvgIpc) is 2.67. The lowest BCUT2D eigenvalue weighted by Gasteiger charge is -2.24. The number of amides is 1. The van der Waals surface area contributed by atoms with Crippen LogP contribution in [0.2, 0.25) is 0 Å². The molecule has 6 heteroatoms. The second kappa shape index (κ2) is 5.86. The van der Waals surface area contributed by atoms with Crippen LogP contribution < -0.4 is 16.4 Å². The predicted octanol–water partition coefficient (Wildman–Crippen LogP) is 1.70. The Kier molecular flexibility index (Phi) is 4.74. The summed E-state index contributed by atoms with van der Waals surface area (Å²) in [4.78, 5) is 13.5. The molecule has 0 aromatic carbocycles. The summed E-state index contributed by atoms with van der Waals surface area (Å²) < 4.78 is 4.02. The highest BCUT2D eigenvalue weighted by Gasteiger charge is 2.21. The van der Waals surface area contributed by atoms with Crippen molar-refractivity contribution in [3.05, 3.63) is 5.56 Å². The van der Waals surface area contributed by atoms with Crippen molar-refractivity contribution in [2.45, 2.75) is 27.2 Å². The molecular weight excluding hydrogens is 236 g/mol. The molecule has 0 aliphatic heterocycles. The van der Waals surface area contributed by atoms with E-state index in [1.54, 1.807) is 0 Å². The van der Waals surface area contributed by atoms with Crippen LogP contribution in [0.1, 0.15) is 37.6 Å². The lowest BCUT2D eigenvalue weighted by Crippen LogP contribution is -2.29. The number of aromatic nitrogens is 1. The molecule has 1 aromatic rings. The van der Waals surface area contributed by atoms with Gasteiger partial charge in [0.25, 0.3) is 5.91 Å². The molecule has 0 aliphatic rings. The maximum Gasteiger partial charge on any atom is 0.255 e. The molecule has 1 atom stereocenters. The number of hydrogen-bond donors (Lipinski definition) is 2. The number of anilines is 2. The van der Waals surface area contributed by atoms with Gasteiger partial charge in [0.1, 0.15) is 10.6 Å². The molecule has 0 bridgehead atoms. The molecular formula is C11H20N4OS. The fraction of sp³-hybridized carbons (Fsp3) is 0.636. The van der Waals surface area contributed by atoms with Crippen molar-refractivity contribution < 1.29 is 4.79 Å². The van der Waals surface area contributed by atoms with Gasteiger partial charge < -0.3 is 16.4 Å². The van der Waals surface area contributed by atoms with Crippen LogP contribution in [-0.4, -0.2) is 23.4 Å². The van der Waals surface area contributed by atoms with Crippen LogP contribution in [0.5, 0.6) is 0 Å². The highest BCUT2D eigenvalue weighted by atomic mass is 32.1. The minimum atomic E-state index is -0.506. The van der Waals surface area contributed by atoms with Crippen LogP contribution in [0.4, 0.5) is 10.8 Å². The third-order valence-corrected chi connectivity index (χ3v) is 3.77. The van der Waals surface area contributed by atoms with Crippen LogP contribution >= 0.6 is 11.5 Å². The maximum absolute atomic E-state index is 11.4. The van der Waals surface area contributed by atoms with Crippen molar-refractivity contribution in [1.29, 1.82) is 0 Å². The second-order valence-electron chi connectivity index (χ2n) is 4.16. The Morgan fingerprint density at radius 2 is 2.18 bits per heavy atom. The fourth-order valence-corrected chi connectivity index (χ4v) is 2.49. The number of rotatable bonds is 6. The molecule has 5 nitrogen and oxygen atoms in total. The van der Waals surface area contributed by atoms with E-state index >= 15 is 0 Å². The minimum absolute atomic E-state index is 0.236. The van der Waals surface area contributed by atoms with E-state index in [1.165, 1.54) is 11.5 Å². The topological polar surface area (TPSA) is 85.2 Å². The number of carbonyl (C=O) groups excluding carboxylic acids is 1. The normalized spacial score (nSPS) is 12.4. The molecule has 4 N–H and O–H groups in total. The Labute approximate surface area is 106 Å². The van der Waals surface area contributed by atoms with Crippen molar-refractivity contribution in [1.82, 2.24) is 4.37 Å². The summed E-state index contributed by atoms with van der Waals surface area (Å²) in [6.45, 7) is 8.07. The third-order valence-electron chi connectivity index (χ3n) is 2.84. The third kappa shape index (κ3) is 3.09. The monoisotopic (exact) mass is 256 g/mol. The van der Waals surface area contributed by atoms with Crippen molar-refractivity contribution >= 4 is 28.3 Å². The molecule has 0 fully saturated rings. The number of nitrogen functional groups attached to an aromatic ring is 1. The first kappa shape index (κ1) is 13.8. The van der Waals surface area contributed by atoms with Gasteiger partial charge in [-0.1, -0.05) is 20.3 Å². The molecule has 0 radical (unpaired) electrons. The Morgan fingerprint density at radius 3 is 2.65 bits per heavy atom. The zero-order valence-corrected chi connectivity index (χ0v) is 11.4. The van der Waals surface area contributed by atoms with Gasteiger partial charge in [0, 0.05) is 13.1 Å². The molecule has 0 saturated heterocycles. The number of hydrogen-bond acceptors (Lipinski definition) is 5. The van der Waals surface area contributed by atoms with Gasteiger partial charge in [-0.25, -0.2) is 0 Å². The molecule has 0 aliphatic carbocycles. The molecule has 1 amide bonds. The summed E-state index contributed by atoms with van der Waals surface area (Å²) in [5.74, 6) is 0.285. The highest BCUT2D eigenvalue weighted by molar-refractivity contribution is 7.11. The smallest absolute Gasteiger partial charge is 0.255 e. The van der Waals surface area contributed by atoms with E-state index in [9.17, 15) is 4.79 Å². The Hall–Kier alpha value is -1.30. The Morgan fingerprint density at radius 1 is 1.53 bits per heavy atom. The molecule has 1 unspecified atom stereocenters. The van der Waals surface area contributed by atoms with Gasteiger partial charge in [-0.05, 0) is 24.4 Å². The lowest BCUT2D eigenvalue weighted by atomic mass is 10.1. The van der Waals surface area contributed by atoms with Crippen molar-refractivity contribution in [3.63, 3.8) is 0 Å². The number of nitrogens with two attached hydrogens (primary N) is 2. The quantitative estimate of drug-likeness (QED) is 0.811. The zero-order chi connectivity index (χ0) is 13.0. The van der Waals surface area contributed by atoms with Crippen LogP contribution in [0.25, 0.3) is 0 Å². The van der Waals surface area contributed by atoms with Gasteiger partial charge >= 0.3 is 0 Å². The molecule has 96 valence electrons. The van der Waals surface area contributed by atoms with E-state index in [0.29, 0.717) is 11.5 Å². The molecule has 1 aromatic heterocycles. The first-order chi connectivity index (χ1) is 8.01. The SMILES string of the molecule is CCC(C)CN(CC)c1snc(N)c1C(N)=O. The Balaban J connectivity index is 2.99. The van der Waals surface area contributed by atoms with Crippen LogP contribution in [-0.2, 0) is 0 Å². The molecule has 1 rings (SSSR count). The maximum atomic E-state index is 11.4. The van der Waals surface area contributed by atoms with E-state index in [0.717, 1.165) is 24.5 Å². The summed E-state index contributed by atoms with van der Waals surface area (Å²) >= 11 is 1.24. The van der Waals surface area contributed by atoms with Gasteiger partial charge in [0.2, 0.25) is 0 Å². The van der Waals surface area contributed by atoms with E-state index in [-0.39, 0.29) is 5.82 Å². The predicted molar refractivity (Wildman–Crippen MR) is 72.4 cm³/mol. The van der Waals surface area contributed by atoms with Gasteiger partial charge in [-0.3, -0.25) is 4.79 Å². The zero-order valence-electron chi connectivity index (χ0n) is 10.6. The van der Waals surface area contributed by atoms with Crippen molar-refractivity contribution in [2.24, 2.45) is 11.7 Å². The average molecular weight is 256 g/mol. The first-order valence-corrected chi connectivity index (χ1v) is 6.58. The van der Waals surface area contributed by atoms with Gasteiger partial charge in [0.15, 0.2) is 5.82 Å². The fourth-order valence-electron chi connectivity index (χ4n) is 1.60. The second-order valence-corrected chi connectivity index (χ2v) is 4.92. The number of primary amides is 1. The van der Waals surface area contributed by atoms with Crippen LogP contribution in [0.3, 0.4) is 0 Å². The number of nitrogens with zero attached hydrogens (tertiary/aromatic N) is 2. The molecule has 0 saturated carbocycles. The Bertz CT molecular complexity index is 391. The van der Waals surface area contributed by atoms with Crippen molar-refractivity contribution in [3.8, 4) is 0 Å². The molecule has 17 heavy (non-hydrogen) atoms. The van der Waals surface area contributed by atoms with Crippen LogP contribution in [0.15, 0.2) is 0 Å². The lowest BCUT2D eigenvalue weighted by molar-refractivity contribution is 0.100. The standard InChI is InChI=1S/C11H20N4OS/c1-4-7(3)6-15(5-2)11-8(10(13)16)9(12)14-17-11/h7H,4-6H2,1-3H3,(H2,12,14)(H2,13,16). The van der Waals surface area contributed by atoms with Crippen LogP contribution in [0, 0.1) is 5.92 Å². The summed E-state index contributed by atoms with van der Waals surface area (Å²) in [5.41, 5.74) is 11.4. The summed E-state index contributed by atoms with van der Waals surface area (Å²) in [7, 11) is 0. The number of carbonyl (C=O) groups is 1. The summed E-state index contributed by atoms with van der Waals surface area (Å²) in [6.07, 6.45) is 1.09. The van der Waals surface area contributed by atoms with E-state index < -0.39 is 5.91 Å². The van der Waals surface area contributed by atoms with E-state index in [4.69, 9.17) is 11.5 Å². The highest BCUT2D eigenvalue weighted by Crippen LogP contribution is 2.30. The molecule has 1 heterocycles. The van der Waals surface area contributed by atoms with Gasteiger partial charge in [-0.2, -0.15) is 4.37 Å². The van der Waals surface area contributed by atoms with Crippen molar-refractivity contribution in [2.75, 3.05) is 23.7 Å². The summed E-state index contributed by atoms with van der Waals surface area (Å²) in [6, 6.07) is 0. The minimum Gasteiger partial charge on any atom is -0.382 e. The first-order valence-electron chi connectivity index (χ1n) is 5.81. The molecule has 0 spiro atoms. The summed E-state index contributed by atoms with van der Waals surface area (Å²) in [5, 5.41) is 0.790. The van der Waals surface area contributed by atoms with Gasteiger partial charge in [0.05, 0.1) is 0 Å². The largest absolute Gasteiger partial charge is 0.382 e. The van der Waals surface area contributed by atoms with E-state index in [2.05, 4.69) is 23.1 Å².